The fourth-order valence-corrected chi connectivity index (χ4v) is 1.35. The molecule has 1 atom stereocenters. The first-order valence-electron chi connectivity index (χ1n) is 4.51. The van der Waals surface area contributed by atoms with Crippen molar-refractivity contribution in [2.24, 2.45) is 5.73 Å². The second-order valence-electron chi connectivity index (χ2n) is 3.27. The van der Waals surface area contributed by atoms with Gasteiger partial charge in [0.1, 0.15) is 0 Å². The Bertz CT molecular complexity index is 302. The van der Waals surface area contributed by atoms with E-state index in [1.54, 1.807) is 6.07 Å². The number of hydrogen-bond acceptors (Lipinski definition) is 2. The Morgan fingerprint density at radius 1 is 1.36 bits per heavy atom. The summed E-state index contributed by atoms with van der Waals surface area (Å²) < 4.78 is 0. The molecular weight excluding hydrogens is 219 g/mol. The van der Waals surface area contributed by atoms with Gasteiger partial charge in [-0.05, 0) is 24.6 Å². The quantitative estimate of drug-likeness (QED) is 0.838. The molecule has 0 unspecified atom stereocenters. The first kappa shape index (κ1) is 11.8. The lowest BCUT2D eigenvalue weighted by molar-refractivity contribution is 0.556. The molecule has 0 fully saturated rings. The van der Waals surface area contributed by atoms with E-state index >= 15 is 0 Å². The summed E-state index contributed by atoms with van der Waals surface area (Å²) in [6, 6.07) is 5.92. The Morgan fingerprint density at radius 3 is 2.64 bits per heavy atom. The van der Waals surface area contributed by atoms with E-state index in [2.05, 4.69) is 5.32 Å². The van der Waals surface area contributed by atoms with Gasteiger partial charge in [-0.1, -0.05) is 29.3 Å². The molecule has 14 heavy (non-hydrogen) atoms. The van der Waals surface area contributed by atoms with Gasteiger partial charge in [-0.2, -0.15) is 0 Å². The van der Waals surface area contributed by atoms with Crippen LogP contribution in [-0.4, -0.2) is 12.6 Å². The normalized spacial score (nSPS) is 12.9. The van der Waals surface area contributed by atoms with E-state index in [0.29, 0.717) is 22.6 Å². The van der Waals surface area contributed by atoms with Crippen molar-refractivity contribution in [2.75, 3.05) is 6.54 Å². The monoisotopic (exact) mass is 232 g/mol. The predicted octanol–water partition coefficient (Wildman–Crippen LogP) is 2.43. The Balaban J connectivity index is 2.55. The van der Waals surface area contributed by atoms with E-state index in [0.717, 1.165) is 12.1 Å². The minimum atomic E-state index is 0.310. The van der Waals surface area contributed by atoms with Gasteiger partial charge in [0.25, 0.3) is 0 Å². The molecule has 0 heterocycles. The maximum Gasteiger partial charge on any atom is 0.0595 e. The molecule has 0 saturated carbocycles. The number of benzene rings is 1. The van der Waals surface area contributed by atoms with Crippen LogP contribution in [0.3, 0.4) is 0 Å². The van der Waals surface area contributed by atoms with Crippen LogP contribution < -0.4 is 11.1 Å². The molecule has 0 radical (unpaired) electrons. The molecule has 0 aliphatic carbocycles. The van der Waals surface area contributed by atoms with Crippen LogP contribution in [0, 0.1) is 0 Å². The van der Waals surface area contributed by atoms with Crippen LogP contribution in [0.1, 0.15) is 12.5 Å². The topological polar surface area (TPSA) is 38.0 Å². The first-order valence-corrected chi connectivity index (χ1v) is 5.26. The van der Waals surface area contributed by atoms with E-state index in [1.165, 1.54) is 0 Å². The third kappa shape index (κ3) is 3.46. The second-order valence-corrected chi connectivity index (χ2v) is 4.08. The van der Waals surface area contributed by atoms with Crippen LogP contribution in [0.15, 0.2) is 18.2 Å². The Morgan fingerprint density at radius 2 is 2.07 bits per heavy atom. The molecule has 78 valence electrons. The van der Waals surface area contributed by atoms with Crippen LogP contribution in [-0.2, 0) is 6.54 Å². The van der Waals surface area contributed by atoms with Crippen LogP contribution in [0.5, 0.6) is 0 Å². The van der Waals surface area contributed by atoms with Crippen molar-refractivity contribution in [1.29, 1.82) is 0 Å². The highest BCUT2D eigenvalue weighted by Crippen LogP contribution is 2.22. The summed E-state index contributed by atoms with van der Waals surface area (Å²) in [4.78, 5) is 0. The smallest absolute Gasteiger partial charge is 0.0595 e. The van der Waals surface area contributed by atoms with E-state index in [9.17, 15) is 0 Å². The highest BCUT2D eigenvalue weighted by Gasteiger charge is 2.01. The van der Waals surface area contributed by atoms with E-state index in [4.69, 9.17) is 28.9 Å². The van der Waals surface area contributed by atoms with Gasteiger partial charge in [-0.15, -0.1) is 0 Å². The van der Waals surface area contributed by atoms with Crippen molar-refractivity contribution in [1.82, 2.24) is 5.32 Å². The molecule has 1 rings (SSSR count). The number of nitrogens with one attached hydrogen (secondary N) is 1. The summed E-state index contributed by atoms with van der Waals surface area (Å²) in [6.07, 6.45) is 0. The van der Waals surface area contributed by atoms with Gasteiger partial charge in [-0.25, -0.2) is 0 Å². The zero-order valence-electron chi connectivity index (χ0n) is 8.06. The summed E-state index contributed by atoms with van der Waals surface area (Å²) in [7, 11) is 0. The van der Waals surface area contributed by atoms with Crippen LogP contribution in [0.2, 0.25) is 10.0 Å². The van der Waals surface area contributed by atoms with E-state index < -0.39 is 0 Å². The Labute approximate surface area is 94.4 Å². The van der Waals surface area contributed by atoms with Crippen LogP contribution in [0.4, 0.5) is 0 Å². The molecule has 0 aromatic heterocycles. The lowest BCUT2D eigenvalue weighted by atomic mass is 10.2. The van der Waals surface area contributed by atoms with Gasteiger partial charge in [0.15, 0.2) is 0 Å². The third-order valence-electron chi connectivity index (χ3n) is 1.99. The molecule has 0 aliphatic heterocycles. The van der Waals surface area contributed by atoms with Crippen LogP contribution in [0.25, 0.3) is 0 Å². The maximum absolute atomic E-state index is 5.88. The van der Waals surface area contributed by atoms with Crippen LogP contribution >= 0.6 is 23.2 Å². The number of halogens is 2. The molecular formula is C10H14Cl2N2. The maximum atomic E-state index is 5.88. The van der Waals surface area contributed by atoms with Gasteiger partial charge < -0.3 is 11.1 Å². The molecule has 0 bridgehead atoms. The van der Waals surface area contributed by atoms with Crippen molar-refractivity contribution in [2.45, 2.75) is 19.5 Å². The van der Waals surface area contributed by atoms with Gasteiger partial charge in [0.2, 0.25) is 0 Å². The summed E-state index contributed by atoms with van der Waals surface area (Å²) in [5.41, 5.74) is 6.59. The number of nitrogens with two attached hydrogens (primary N) is 1. The lowest BCUT2D eigenvalue weighted by Gasteiger charge is -2.11. The fourth-order valence-electron chi connectivity index (χ4n) is 1.03. The lowest BCUT2D eigenvalue weighted by Crippen LogP contribution is -2.32. The molecule has 0 spiro atoms. The highest BCUT2D eigenvalue weighted by atomic mass is 35.5. The summed E-state index contributed by atoms with van der Waals surface area (Å²) in [6.45, 7) is 3.42. The zero-order valence-corrected chi connectivity index (χ0v) is 9.57. The number of hydrogen-bond donors (Lipinski definition) is 2. The summed E-state index contributed by atoms with van der Waals surface area (Å²) >= 11 is 11.7. The molecule has 2 nitrogen and oxygen atoms in total. The van der Waals surface area contributed by atoms with E-state index in [1.807, 2.05) is 19.1 Å². The standard InChI is InChI=1S/C10H14Cl2N2/c1-7(5-13)14-6-8-2-3-9(11)10(12)4-8/h2-4,7,14H,5-6,13H2,1H3/t7-/m0/s1. The van der Waals surface area contributed by atoms with Crippen molar-refractivity contribution in [3.05, 3.63) is 33.8 Å². The average molecular weight is 233 g/mol. The minimum absolute atomic E-state index is 0.310. The second kappa shape index (κ2) is 5.56. The molecule has 0 saturated heterocycles. The largest absolute Gasteiger partial charge is 0.329 e. The SMILES string of the molecule is C[C@@H](CN)NCc1ccc(Cl)c(Cl)c1. The predicted molar refractivity (Wildman–Crippen MR) is 61.8 cm³/mol. The first-order chi connectivity index (χ1) is 6.63. The molecule has 1 aromatic rings. The number of rotatable bonds is 4. The summed E-state index contributed by atoms with van der Waals surface area (Å²) in [5.74, 6) is 0. The molecule has 0 amide bonds. The van der Waals surface area contributed by atoms with Crippen molar-refractivity contribution in [3.63, 3.8) is 0 Å². The minimum Gasteiger partial charge on any atom is -0.329 e. The van der Waals surface area contributed by atoms with Gasteiger partial charge in [-0.3, -0.25) is 0 Å². The summed E-state index contributed by atoms with van der Waals surface area (Å²) in [5, 5.41) is 4.44. The Hall–Kier alpha value is -0.280. The fraction of sp³-hybridized carbons (Fsp3) is 0.400. The Kier molecular flexibility index (Phi) is 4.69. The van der Waals surface area contributed by atoms with Gasteiger partial charge in [0, 0.05) is 19.1 Å². The molecule has 3 N–H and O–H groups in total. The third-order valence-corrected chi connectivity index (χ3v) is 2.73. The molecule has 0 aliphatic rings. The van der Waals surface area contributed by atoms with Gasteiger partial charge >= 0.3 is 0 Å². The van der Waals surface area contributed by atoms with Crippen molar-refractivity contribution in [3.8, 4) is 0 Å². The van der Waals surface area contributed by atoms with Crippen molar-refractivity contribution >= 4 is 23.2 Å². The van der Waals surface area contributed by atoms with E-state index in [-0.39, 0.29) is 0 Å². The average Bonchev–Trinajstić information content (AvgIpc) is 2.19. The van der Waals surface area contributed by atoms with Crippen molar-refractivity contribution < 1.29 is 0 Å². The molecule has 1 aromatic carbocycles. The van der Waals surface area contributed by atoms with Gasteiger partial charge in [0.05, 0.1) is 10.0 Å². The zero-order chi connectivity index (χ0) is 10.6. The highest BCUT2D eigenvalue weighted by molar-refractivity contribution is 6.42. The molecule has 4 heteroatoms.